The number of halogens is 1. The van der Waals surface area contributed by atoms with Crippen LogP contribution in [-0.4, -0.2) is 10.5 Å². The Labute approximate surface area is 93.0 Å². The van der Waals surface area contributed by atoms with Gasteiger partial charge in [-0.1, -0.05) is 11.6 Å². The molecule has 5 heteroatoms. The van der Waals surface area contributed by atoms with E-state index >= 15 is 0 Å². The molecule has 0 aliphatic rings. The maximum absolute atomic E-state index is 10.7. The SMILES string of the molecule is CC(C)(C)Oc1ccc(Cl)cc1[N+](=O)[O-]. The lowest BCUT2D eigenvalue weighted by molar-refractivity contribution is -0.386. The largest absolute Gasteiger partial charge is 0.481 e. The third kappa shape index (κ3) is 3.40. The van der Waals surface area contributed by atoms with Crippen LogP contribution >= 0.6 is 11.6 Å². The molecule has 0 aromatic heterocycles. The van der Waals surface area contributed by atoms with Gasteiger partial charge in [0.15, 0.2) is 5.75 Å². The van der Waals surface area contributed by atoms with Gasteiger partial charge in [-0.15, -0.1) is 0 Å². The molecule has 0 saturated carbocycles. The molecule has 0 fully saturated rings. The molecule has 0 unspecified atom stereocenters. The van der Waals surface area contributed by atoms with Crippen molar-refractivity contribution in [2.24, 2.45) is 0 Å². The van der Waals surface area contributed by atoms with Gasteiger partial charge in [0.05, 0.1) is 4.92 Å². The molecule has 0 aliphatic carbocycles. The zero-order valence-electron chi connectivity index (χ0n) is 8.78. The smallest absolute Gasteiger partial charge is 0.312 e. The molecule has 0 saturated heterocycles. The fourth-order valence-corrected chi connectivity index (χ4v) is 1.22. The van der Waals surface area contributed by atoms with Gasteiger partial charge in [-0.3, -0.25) is 10.1 Å². The van der Waals surface area contributed by atoms with Gasteiger partial charge in [-0.25, -0.2) is 0 Å². The fraction of sp³-hybridized carbons (Fsp3) is 0.400. The zero-order chi connectivity index (χ0) is 11.6. The van der Waals surface area contributed by atoms with Crippen LogP contribution in [0.2, 0.25) is 5.02 Å². The molecule has 4 nitrogen and oxygen atoms in total. The third-order valence-corrected chi connectivity index (χ3v) is 1.77. The van der Waals surface area contributed by atoms with Gasteiger partial charge in [-0.2, -0.15) is 0 Å². The maximum Gasteiger partial charge on any atom is 0.312 e. The van der Waals surface area contributed by atoms with E-state index < -0.39 is 10.5 Å². The normalized spacial score (nSPS) is 11.2. The molecule has 0 radical (unpaired) electrons. The molecule has 0 N–H and O–H groups in total. The van der Waals surface area contributed by atoms with E-state index in [-0.39, 0.29) is 11.4 Å². The molecular weight excluding hydrogens is 218 g/mol. The Morgan fingerprint density at radius 2 is 2.00 bits per heavy atom. The number of hydrogen-bond acceptors (Lipinski definition) is 3. The predicted octanol–water partition coefficient (Wildman–Crippen LogP) is 3.43. The van der Waals surface area contributed by atoms with Crippen molar-refractivity contribution >= 4 is 17.3 Å². The van der Waals surface area contributed by atoms with E-state index in [1.54, 1.807) is 6.07 Å². The molecule has 0 bridgehead atoms. The van der Waals surface area contributed by atoms with Crippen LogP contribution in [0.1, 0.15) is 20.8 Å². The number of ether oxygens (including phenoxy) is 1. The molecule has 1 aromatic carbocycles. The second kappa shape index (κ2) is 4.06. The van der Waals surface area contributed by atoms with Gasteiger partial charge in [0, 0.05) is 11.1 Å². The molecule has 0 spiro atoms. The van der Waals surface area contributed by atoms with Crippen LogP contribution in [0.4, 0.5) is 5.69 Å². The van der Waals surface area contributed by atoms with Crippen LogP contribution in [0.15, 0.2) is 18.2 Å². The Morgan fingerprint density at radius 1 is 1.40 bits per heavy atom. The highest BCUT2D eigenvalue weighted by Gasteiger charge is 2.20. The van der Waals surface area contributed by atoms with E-state index in [0.29, 0.717) is 5.02 Å². The van der Waals surface area contributed by atoms with Gasteiger partial charge in [0.1, 0.15) is 5.60 Å². The monoisotopic (exact) mass is 229 g/mol. The first-order valence-electron chi connectivity index (χ1n) is 4.42. The maximum atomic E-state index is 10.7. The topological polar surface area (TPSA) is 52.4 Å². The van der Waals surface area contributed by atoms with Crippen molar-refractivity contribution in [2.75, 3.05) is 0 Å². The van der Waals surface area contributed by atoms with E-state index in [1.165, 1.54) is 12.1 Å². The highest BCUT2D eigenvalue weighted by Crippen LogP contribution is 2.32. The number of nitro benzene ring substituents is 1. The number of nitrogens with zero attached hydrogens (tertiary/aromatic N) is 1. The Hall–Kier alpha value is -1.29. The summed E-state index contributed by atoms with van der Waals surface area (Å²) >= 11 is 5.67. The van der Waals surface area contributed by atoms with Crippen LogP contribution in [0.25, 0.3) is 0 Å². The second-order valence-electron chi connectivity index (χ2n) is 4.08. The average Bonchev–Trinajstić information content (AvgIpc) is 2.05. The highest BCUT2D eigenvalue weighted by atomic mass is 35.5. The number of rotatable bonds is 2. The molecule has 0 heterocycles. The minimum Gasteiger partial charge on any atom is -0.481 e. The van der Waals surface area contributed by atoms with Crippen molar-refractivity contribution in [3.8, 4) is 5.75 Å². The van der Waals surface area contributed by atoms with Gasteiger partial charge in [-0.05, 0) is 32.9 Å². The summed E-state index contributed by atoms with van der Waals surface area (Å²) in [6, 6.07) is 4.35. The van der Waals surface area contributed by atoms with Gasteiger partial charge < -0.3 is 4.74 Å². The number of nitro groups is 1. The van der Waals surface area contributed by atoms with Crippen LogP contribution in [0.5, 0.6) is 5.75 Å². The van der Waals surface area contributed by atoms with Crippen molar-refractivity contribution in [1.82, 2.24) is 0 Å². The van der Waals surface area contributed by atoms with Crippen LogP contribution in [0, 0.1) is 10.1 Å². The molecule has 0 atom stereocenters. The summed E-state index contributed by atoms with van der Waals surface area (Å²) in [7, 11) is 0. The predicted molar refractivity (Wildman–Crippen MR) is 58.5 cm³/mol. The van der Waals surface area contributed by atoms with Crippen molar-refractivity contribution in [3.63, 3.8) is 0 Å². The lowest BCUT2D eigenvalue weighted by atomic mass is 10.2. The van der Waals surface area contributed by atoms with Crippen molar-refractivity contribution in [3.05, 3.63) is 33.3 Å². The minimum absolute atomic E-state index is 0.113. The molecule has 15 heavy (non-hydrogen) atoms. The van der Waals surface area contributed by atoms with E-state index in [0.717, 1.165) is 0 Å². The third-order valence-electron chi connectivity index (χ3n) is 1.53. The van der Waals surface area contributed by atoms with E-state index in [9.17, 15) is 10.1 Å². The Morgan fingerprint density at radius 3 is 2.47 bits per heavy atom. The Bertz CT molecular complexity index is 385. The van der Waals surface area contributed by atoms with Gasteiger partial charge in [0.2, 0.25) is 0 Å². The molecule has 0 aliphatic heterocycles. The summed E-state index contributed by atoms with van der Waals surface area (Å²) in [5.41, 5.74) is -0.587. The summed E-state index contributed by atoms with van der Waals surface area (Å²) < 4.78 is 5.45. The van der Waals surface area contributed by atoms with Gasteiger partial charge in [0.25, 0.3) is 0 Å². The number of hydrogen-bond donors (Lipinski definition) is 0. The van der Waals surface area contributed by atoms with E-state index in [4.69, 9.17) is 16.3 Å². The van der Waals surface area contributed by atoms with Gasteiger partial charge >= 0.3 is 5.69 Å². The van der Waals surface area contributed by atoms with Crippen LogP contribution in [0.3, 0.4) is 0 Å². The molecule has 1 rings (SSSR count). The summed E-state index contributed by atoms with van der Waals surface area (Å²) in [6.07, 6.45) is 0. The Balaban J connectivity index is 3.12. The highest BCUT2D eigenvalue weighted by molar-refractivity contribution is 6.30. The van der Waals surface area contributed by atoms with E-state index in [1.807, 2.05) is 20.8 Å². The quantitative estimate of drug-likeness (QED) is 0.577. The fourth-order valence-electron chi connectivity index (χ4n) is 1.05. The first-order chi connectivity index (χ1) is 6.79. The summed E-state index contributed by atoms with van der Waals surface area (Å²) in [5, 5.41) is 11.0. The lowest BCUT2D eigenvalue weighted by Gasteiger charge is -2.20. The summed E-state index contributed by atoms with van der Waals surface area (Å²) in [4.78, 5) is 10.2. The van der Waals surface area contributed by atoms with Crippen LogP contribution in [-0.2, 0) is 0 Å². The zero-order valence-corrected chi connectivity index (χ0v) is 9.54. The van der Waals surface area contributed by atoms with Crippen molar-refractivity contribution in [1.29, 1.82) is 0 Å². The van der Waals surface area contributed by atoms with Crippen LogP contribution < -0.4 is 4.74 Å². The molecule has 1 aromatic rings. The molecule has 82 valence electrons. The van der Waals surface area contributed by atoms with Crippen molar-refractivity contribution in [2.45, 2.75) is 26.4 Å². The van der Waals surface area contributed by atoms with E-state index in [2.05, 4.69) is 0 Å². The number of benzene rings is 1. The summed E-state index contributed by atoms with van der Waals surface area (Å²) in [5.74, 6) is 0.233. The van der Waals surface area contributed by atoms with Crippen molar-refractivity contribution < 1.29 is 9.66 Å². The second-order valence-corrected chi connectivity index (χ2v) is 4.52. The minimum atomic E-state index is -0.507. The first kappa shape index (κ1) is 11.8. The lowest BCUT2D eigenvalue weighted by Crippen LogP contribution is -2.23. The standard InChI is InChI=1S/C10H12ClNO3/c1-10(2,3)15-9-5-4-7(11)6-8(9)12(13)14/h4-6H,1-3H3. The molecular formula is C10H12ClNO3. The Kier molecular flexibility index (Phi) is 3.19. The first-order valence-corrected chi connectivity index (χ1v) is 4.80. The molecule has 0 amide bonds. The average molecular weight is 230 g/mol. The summed E-state index contributed by atoms with van der Waals surface area (Å²) in [6.45, 7) is 5.47.